The molecule has 1 fully saturated rings. The standard InChI is InChI=1S/C19H31NO/c1-5-7-15-8-6-9-16(14-15)17(20)19(21-4)12-10-18(2,3)11-13-19/h6,8-9,14,17H,5,7,10-13,20H2,1-4H3. The fourth-order valence-corrected chi connectivity index (χ4v) is 3.53. The summed E-state index contributed by atoms with van der Waals surface area (Å²) in [6.07, 6.45) is 6.76. The molecule has 0 radical (unpaired) electrons. The molecule has 21 heavy (non-hydrogen) atoms. The van der Waals surface area contributed by atoms with Gasteiger partial charge in [0.05, 0.1) is 11.6 Å². The summed E-state index contributed by atoms with van der Waals surface area (Å²) >= 11 is 0. The summed E-state index contributed by atoms with van der Waals surface area (Å²) in [7, 11) is 1.83. The molecule has 1 aromatic rings. The van der Waals surface area contributed by atoms with E-state index in [2.05, 4.69) is 45.0 Å². The molecular weight excluding hydrogens is 258 g/mol. The lowest BCUT2D eigenvalue weighted by Crippen LogP contribution is -2.47. The van der Waals surface area contributed by atoms with Crippen molar-refractivity contribution in [1.29, 1.82) is 0 Å². The van der Waals surface area contributed by atoms with Crippen LogP contribution in [0.1, 0.15) is 70.0 Å². The van der Waals surface area contributed by atoms with Crippen molar-refractivity contribution in [2.45, 2.75) is 70.9 Å². The molecule has 0 spiro atoms. The zero-order chi connectivity index (χ0) is 15.5. The summed E-state index contributed by atoms with van der Waals surface area (Å²) in [6.45, 7) is 6.91. The van der Waals surface area contributed by atoms with Crippen molar-refractivity contribution in [3.05, 3.63) is 35.4 Å². The van der Waals surface area contributed by atoms with Crippen LogP contribution in [0.3, 0.4) is 0 Å². The van der Waals surface area contributed by atoms with Crippen LogP contribution in [0.2, 0.25) is 0 Å². The zero-order valence-electron chi connectivity index (χ0n) is 14.1. The third-order valence-electron chi connectivity index (χ3n) is 5.27. The Hall–Kier alpha value is -0.860. The Morgan fingerprint density at radius 2 is 1.86 bits per heavy atom. The molecule has 0 aromatic heterocycles. The molecule has 1 saturated carbocycles. The number of rotatable bonds is 5. The second-order valence-electron chi connectivity index (χ2n) is 7.41. The molecule has 0 saturated heterocycles. The van der Waals surface area contributed by atoms with E-state index in [1.165, 1.54) is 30.4 Å². The average Bonchev–Trinajstić information content (AvgIpc) is 2.48. The summed E-state index contributed by atoms with van der Waals surface area (Å²) in [5.41, 5.74) is 9.48. The highest BCUT2D eigenvalue weighted by Gasteiger charge is 2.43. The minimum absolute atomic E-state index is 0.0320. The minimum Gasteiger partial charge on any atom is -0.376 e. The fraction of sp³-hybridized carbons (Fsp3) is 0.684. The van der Waals surface area contributed by atoms with E-state index >= 15 is 0 Å². The van der Waals surface area contributed by atoms with Crippen molar-refractivity contribution in [3.63, 3.8) is 0 Å². The maximum atomic E-state index is 6.64. The Bertz CT molecular complexity index is 456. The Labute approximate surface area is 130 Å². The van der Waals surface area contributed by atoms with Gasteiger partial charge in [-0.05, 0) is 48.6 Å². The number of ether oxygens (including phenoxy) is 1. The molecule has 1 unspecified atom stereocenters. The number of methoxy groups -OCH3 is 1. The summed E-state index contributed by atoms with van der Waals surface area (Å²) in [5, 5.41) is 0. The number of benzene rings is 1. The summed E-state index contributed by atoms with van der Waals surface area (Å²) < 4.78 is 5.96. The van der Waals surface area contributed by atoms with Gasteiger partial charge in [0.15, 0.2) is 0 Å². The number of hydrogen-bond donors (Lipinski definition) is 1. The Kier molecular flexibility index (Phi) is 5.11. The molecular formula is C19H31NO. The molecule has 2 nitrogen and oxygen atoms in total. The van der Waals surface area contributed by atoms with Gasteiger partial charge in [-0.2, -0.15) is 0 Å². The Balaban J connectivity index is 2.20. The van der Waals surface area contributed by atoms with E-state index in [9.17, 15) is 0 Å². The predicted octanol–water partition coefficient (Wildman–Crippen LogP) is 4.62. The van der Waals surface area contributed by atoms with Crippen molar-refractivity contribution >= 4 is 0 Å². The summed E-state index contributed by atoms with van der Waals surface area (Å²) in [6, 6.07) is 8.73. The molecule has 1 atom stereocenters. The van der Waals surface area contributed by atoms with E-state index < -0.39 is 0 Å². The minimum atomic E-state index is -0.194. The van der Waals surface area contributed by atoms with Crippen molar-refractivity contribution in [2.24, 2.45) is 11.1 Å². The normalized spacial score (nSPS) is 22.0. The summed E-state index contributed by atoms with van der Waals surface area (Å²) in [4.78, 5) is 0. The first-order valence-electron chi connectivity index (χ1n) is 8.32. The average molecular weight is 289 g/mol. The van der Waals surface area contributed by atoms with Crippen molar-refractivity contribution in [2.75, 3.05) is 7.11 Å². The van der Waals surface area contributed by atoms with Crippen LogP contribution in [-0.2, 0) is 11.2 Å². The molecule has 1 aromatic carbocycles. The molecule has 0 bridgehead atoms. The van der Waals surface area contributed by atoms with Crippen LogP contribution in [-0.4, -0.2) is 12.7 Å². The van der Waals surface area contributed by atoms with Crippen molar-refractivity contribution < 1.29 is 4.74 Å². The predicted molar refractivity (Wildman–Crippen MR) is 89.4 cm³/mol. The summed E-state index contributed by atoms with van der Waals surface area (Å²) in [5.74, 6) is 0. The molecule has 118 valence electrons. The van der Waals surface area contributed by atoms with Gasteiger partial charge >= 0.3 is 0 Å². The number of hydrogen-bond acceptors (Lipinski definition) is 2. The van der Waals surface area contributed by atoms with Crippen LogP contribution in [0, 0.1) is 5.41 Å². The molecule has 1 aliphatic carbocycles. The largest absolute Gasteiger partial charge is 0.376 e. The van der Waals surface area contributed by atoms with Gasteiger partial charge in [-0.15, -0.1) is 0 Å². The van der Waals surface area contributed by atoms with E-state index in [4.69, 9.17) is 10.5 Å². The van der Waals surface area contributed by atoms with Gasteiger partial charge in [0.25, 0.3) is 0 Å². The lowest BCUT2D eigenvalue weighted by atomic mass is 9.67. The lowest BCUT2D eigenvalue weighted by molar-refractivity contribution is -0.0794. The maximum absolute atomic E-state index is 6.64. The smallest absolute Gasteiger partial charge is 0.0870 e. The van der Waals surface area contributed by atoms with Gasteiger partial charge in [0.1, 0.15) is 0 Å². The molecule has 2 rings (SSSR count). The van der Waals surface area contributed by atoms with E-state index in [1.807, 2.05) is 7.11 Å². The number of aryl methyl sites for hydroxylation is 1. The van der Waals surface area contributed by atoms with Gasteiger partial charge in [-0.25, -0.2) is 0 Å². The van der Waals surface area contributed by atoms with Crippen LogP contribution in [0.5, 0.6) is 0 Å². The van der Waals surface area contributed by atoms with Crippen LogP contribution in [0.4, 0.5) is 0 Å². The van der Waals surface area contributed by atoms with E-state index in [0.29, 0.717) is 5.41 Å². The second-order valence-corrected chi connectivity index (χ2v) is 7.41. The monoisotopic (exact) mass is 289 g/mol. The first kappa shape index (κ1) is 16.5. The third kappa shape index (κ3) is 3.67. The van der Waals surface area contributed by atoms with E-state index in [-0.39, 0.29) is 11.6 Å². The lowest BCUT2D eigenvalue weighted by Gasteiger charge is -2.46. The molecule has 2 heteroatoms. The van der Waals surface area contributed by atoms with Gasteiger partial charge in [-0.1, -0.05) is 51.5 Å². The van der Waals surface area contributed by atoms with Crippen LogP contribution in [0.15, 0.2) is 24.3 Å². The highest BCUT2D eigenvalue weighted by Crippen LogP contribution is 2.46. The van der Waals surface area contributed by atoms with Crippen molar-refractivity contribution in [3.8, 4) is 0 Å². The second kappa shape index (κ2) is 6.50. The van der Waals surface area contributed by atoms with Gasteiger partial charge < -0.3 is 10.5 Å². The quantitative estimate of drug-likeness (QED) is 0.858. The van der Waals surface area contributed by atoms with Gasteiger partial charge in [0, 0.05) is 7.11 Å². The van der Waals surface area contributed by atoms with E-state index in [0.717, 1.165) is 19.3 Å². The van der Waals surface area contributed by atoms with Crippen LogP contribution in [0.25, 0.3) is 0 Å². The molecule has 0 amide bonds. The maximum Gasteiger partial charge on any atom is 0.0870 e. The Morgan fingerprint density at radius 1 is 1.19 bits per heavy atom. The zero-order valence-corrected chi connectivity index (χ0v) is 14.1. The molecule has 2 N–H and O–H groups in total. The van der Waals surface area contributed by atoms with Crippen molar-refractivity contribution in [1.82, 2.24) is 0 Å². The SMILES string of the molecule is CCCc1cccc(C(N)C2(OC)CCC(C)(C)CC2)c1. The first-order valence-corrected chi connectivity index (χ1v) is 8.32. The third-order valence-corrected chi connectivity index (χ3v) is 5.27. The molecule has 0 heterocycles. The highest BCUT2D eigenvalue weighted by molar-refractivity contribution is 5.28. The topological polar surface area (TPSA) is 35.2 Å². The van der Waals surface area contributed by atoms with Gasteiger partial charge in [0.2, 0.25) is 0 Å². The van der Waals surface area contributed by atoms with Crippen LogP contribution >= 0.6 is 0 Å². The molecule has 0 aliphatic heterocycles. The number of nitrogens with two attached hydrogens (primary N) is 1. The molecule has 1 aliphatic rings. The Morgan fingerprint density at radius 3 is 2.43 bits per heavy atom. The van der Waals surface area contributed by atoms with Crippen LogP contribution < -0.4 is 5.73 Å². The van der Waals surface area contributed by atoms with Gasteiger partial charge in [-0.3, -0.25) is 0 Å². The fourth-order valence-electron chi connectivity index (χ4n) is 3.53. The van der Waals surface area contributed by atoms with E-state index in [1.54, 1.807) is 0 Å². The first-order chi connectivity index (χ1) is 9.92. The highest BCUT2D eigenvalue weighted by atomic mass is 16.5.